The topological polar surface area (TPSA) is 105 Å². The standard InChI is InChI=1S/C19H25ClN6O3.HI/c1-3-28-19(27)26-9-7-15(8-10-26)23-18(21-2)22-12-16-24-17(25-29-16)13-5-4-6-14(20)11-13;/h4-6,11,15H,3,7-10,12H2,1-2H3,(H2,21,22,23);1H. The Balaban J connectivity index is 0.00000320. The van der Waals surface area contributed by atoms with Crippen LogP contribution in [-0.4, -0.2) is 59.9 Å². The molecule has 1 fully saturated rings. The van der Waals surface area contributed by atoms with Gasteiger partial charge in [0.05, 0.1) is 13.2 Å². The summed E-state index contributed by atoms with van der Waals surface area (Å²) in [4.78, 5) is 22.1. The van der Waals surface area contributed by atoms with Crippen LogP contribution in [0.15, 0.2) is 33.8 Å². The first-order valence-corrected chi connectivity index (χ1v) is 9.94. The minimum Gasteiger partial charge on any atom is -0.450 e. The Kier molecular flexibility index (Phi) is 9.63. The molecule has 0 unspecified atom stereocenters. The van der Waals surface area contributed by atoms with Gasteiger partial charge < -0.3 is 24.8 Å². The number of rotatable bonds is 5. The summed E-state index contributed by atoms with van der Waals surface area (Å²) >= 11 is 6.01. The van der Waals surface area contributed by atoms with Crippen LogP contribution < -0.4 is 10.6 Å². The quantitative estimate of drug-likeness (QED) is 0.336. The van der Waals surface area contributed by atoms with E-state index in [1.165, 1.54) is 0 Å². The van der Waals surface area contributed by atoms with Crippen molar-refractivity contribution in [3.8, 4) is 11.4 Å². The molecule has 1 aliphatic rings. The number of halogens is 2. The van der Waals surface area contributed by atoms with E-state index in [1.807, 2.05) is 19.1 Å². The molecule has 0 saturated carbocycles. The molecular formula is C19H26ClIN6O3. The van der Waals surface area contributed by atoms with Crippen molar-refractivity contribution in [2.75, 3.05) is 26.7 Å². The zero-order valence-electron chi connectivity index (χ0n) is 16.9. The molecule has 11 heteroatoms. The smallest absolute Gasteiger partial charge is 0.409 e. The molecule has 1 saturated heterocycles. The van der Waals surface area contributed by atoms with Crippen molar-refractivity contribution >= 4 is 47.6 Å². The predicted molar refractivity (Wildman–Crippen MR) is 125 cm³/mol. The van der Waals surface area contributed by atoms with E-state index < -0.39 is 0 Å². The average molecular weight is 549 g/mol. The normalized spacial score (nSPS) is 14.8. The van der Waals surface area contributed by atoms with Gasteiger partial charge in [0.2, 0.25) is 11.7 Å². The lowest BCUT2D eigenvalue weighted by Crippen LogP contribution is -2.49. The van der Waals surface area contributed by atoms with Gasteiger partial charge in [-0.3, -0.25) is 4.99 Å². The number of hydrogen-bond acceptors (Lipinski definition) is 6. The monoisotopic (exact) mass is 548 g/mol. The second-order valence-electron chi connectivity index (χ2n) is 6.55. The Hall–Kier alpha value is -2.08. The van der Waals surface area contributed by atoms with E-state index in [-0.39, 0.29) is 36.1 Å². The van der Waals surface area contributed by atoms with Crippen LogP contribution in [0.4, 0.5) is 4.79 Å². The number of guanidine groups is 1. The first kappa shape index (κ1) is 24.2. The number of nitrogens with zero attached hydrogens (tertiary/aromatic N) is 4. The van der Waals surface area contributed by atoms with E-state index in [9.17, 15) is 4.79 Å². The molecule has 3 rings (SSSR count). The predicted octanol–water partition coefficient (Wildman–Crippen LogP) is 3.29. The van der Waals surface area contributed by atoms with Gasteiger partial charge in [-0.1, -0.05) is 28.9 Å². The maximum atomic E-state index is 11.8. The number of likely N-dealkylation sites (tertiary alicyclic amines) is 1. The van der Waals surface area contributed by atoms with Crippen LogP contribution in [0.5, 0.6) is 0 Å². The van der Waals surface area contributed by atoms with Crippen LogP contribution in [-0.2, 0) is 11.3 Å². The second-order valence-corrected chi connectivity index (χ2v) is 6.99. The molecule has 2 N–H and O–H groups in total. The second kappa shape index (κ2) is 11.9. The van der Waals surface area contributed by atoms with Crippen molar-refractivity contribution in [3.63, 3.8) is 0 Å². The Morgan fingerprint density at radius 3 is 2.83 bits per heavy atom. The Morgan fingerprint density at radius 1 is 1.40 bits per heavy atom. The highest BCUT2D eigenvalue weighted by Gasteiger charge is 2.24. The number of aromatic nitrogens is 2. The molecule has 1 amide bonds. The molecular weight excluding hydrogens is 523 g/mol. The van der Waals surface area contributed by atoms with Gasteiger partial charge in [0.25, 0.3) is 0 Å². The highest BCUT2D eigenvalue weighted by Crippen LogP contribution is 2.19. The van der Waals surface area contributed by atoms with Gasteiger partial charge >= 0.3 is 6.09 Å². The van der Waals surface area contributed by atoms with E-state index in [1.54, 1.807) is 24.1 Å². The van der Waals surface area contributed by atoms with Gasteiger partial charge in [-0.15, -0.1) is 24.0 Å². The molecule has 1 aromatic carbocycles. The summed E-state index contributed by atoms with van der Waals surface area (Å²) in [7, 11) is 1.70. The van der Waals surface area contributed by atoms with E-state index in [0.29, 0.717) is 48.9 Å². The van der Waals surface area contributed by atoms with Crippen molar-refractivity contribution in [2.24, 2.45) is 4.99 Å². The summed E-state index contributed by atoms with van der Waals surface area (Å²) < 4.78 is 10.3. The van der Waals surface area contributed by atoms with Crippen LogP contribution in [0, 0.1) is 0 Å². The molecule has 2 aromatic rings. The number of amides is 1. The maximum Gasteiger partial charge on any atom is 0.409 e. The molecule has 164 valence electrons. The highest BCUT2D eigenvalue weighted by atomic mass is 127. The first-order valence-electron chi connectivity index (χ1n) is 9.56. The van der Waals surface area contributed by atoms with Crippen molar-refractivity contribution in [3.05, 3.63) is 35.2 Å². The van der Waals surface area contributed by atoms with Crippen molar-refractivity contribution in [1.29, 1.82) is 0 Å². The number of nitrogens with one attached hydrogen (secondary N) is 2. The molecule has 1 aliphatic heterocycles. The Labute approximate surface area is 197 Å². The number of hydrogen-bond donors (Lipinski definition) is 2. The Bertz CT molecular complexity index is 854. The fraction of sp³-hybridized carbons (Fsp3) is 0.474. The van der Waals surface area contributed by atoms with E-state index >= 15 is 0 Å². The average Bonchev–Trinajstić information content (AvgIpc) is 3.21. The third-order valence-electron chi connectivity index (χ3n) is 4.54. The summed E-state index contributed by atoms with van der Waals surface area (Å²) in [6.07, 6.45) is 1.39. The van der Waals surface area contributed by atoms with Crippen LogP contribution >= 0.6 is 35.6 Å². The molecule has 0 spiro atoms. The van der Waals surface area contributed by atoms with Gasteiger partial charge in [0, 0.05) is 36.8 Å². The van der Waals surface area contributed by atoms with Gasteiger partial charge in [0.15, 0.2) is 5.96 Å². The van der Waals surface area contributed by atoms with Gasteiger partial charge in [-0.25, -0.2) is 4.79 Å². The molecule has 2 heterocycles. The van der Waals surface area contributed by atoms with E-state index in [0.717, 1.165) is 18.4 Å². The number of benzene rings is 1. The summed E-state index contributed by atoms with van der Waals surface area (Å²) in [6, 6.07) is 7.51. The van der Waals surface area contributed by atoms with Gasteiger partial charge in [0.1, 0.15) is 0 Å². The van der Waals surface area contributed by atoms with Crippen LogP contribution in [0.1, 0.15) is 25.7 Å². The van der Waals surface area contributed by atoms with E-state index in [4.69, 9.17) is 20.9 Å². The molecule has 0 bridgehead atoms. The largest absolute Gasteiger partial charge is 0.450 e. The van der Waals surface area contributed by atoms with E-state index in [2.05, 4.69) is 25.8 Å². The molecule has 1 aromatic heterocycles. The zero-order chi connectivity index (χ0) is 20.6. The van der Waals surface area contributed by atoms with Crippen molar-refractivity contribution in [2.45, 2.75) is 32.4 Å². The zero-order valence-corrected chi connectivity index (χ0v) is 20.0. The molecule has 30 heavy (non-hydrogen) atoms. The minimum atomic E-state index is -0.250. The summed E-state index contributed by atoms with van der Waals surface area (Å²) in [5, 5.41) is 11.1. The highest BCUT2D eigenvalue weighted by molar-refractivity contribution is 14.0. The summed E-state index contributed by atoms with van der Waals surface area (Å²) in [6.45, 7) is 3.85. The van der Waals surface area contributed by atoms with Crippen LogP contribution in [0.25, 0.3) is 11.4 Å². The Morgan fingerprint density at radius 2 is 2.17 bits per heavy atom. The fourth-order valence-corrected chi connectivity index (χ4v) is 3.23. The lowest BCUT2D eigenvalue weighted by atomic mass is 10.1. The molecule has 0 atom stereocenters. The minimum absolute atomic E-state index is 0. The first-order chi connectivity index (χ1) is 14.1. The molecule has 9 nitrogen and oxygen atoms in total. The van der Waals surface area contributed by atoms with Crippen molar-refractivity contribution in [1.82, 2.24) is 25.7 Å². The summed E-state index contributed by atoms with van der Waals surface area (Å²) in [5.41, 5.74) is 0.795. The van der Waals surface area contributed by atoms with Gasteiger partial charge in [-0.2, -0.15) is 4.98 Å². The summed E-state index contributed by atoms with van der Waals surface area (Å²) in [5.74, 6) is 1.57. The third-order valence-corrected chi connectivity index (χ3v) is 4.78. The number of carbonyl (C=O) groups excluding carboxylic acids is 1. The fourth-order valence-electron chi connectivity index (χ4n) is 3.04. The number of ether oxygens (including phenoxy) is 1. The number of piperidine rings is 1. The maximum absolute atomic E-state index is 11.8. The SMILES string of the molecule is CCOC(=O)N1CCC(NC(=NC)NCc2nc(-c3cccc(Cl)c3)no2)CC1.I. The van der Waals surface area contributed by atoms with Crippen molar-refractivity contribution < 1.29 is 14.1 Å². The lowest BCUT2D eigenvalue weighted by molar-refractivity contribution is 0.0963. The number of aliphatic imine (C=N–C) groups is 1. The number of carbonyl (C=O) groups is 1. The molecule has 0 radical (unpaired) electrons. The van der Waals surface area contributed by atoms with Crippen LogP contribution in [0.2, 0.25) is 5.02 Å². The third kappa shape index (κ3) is 6.73. The lowest BCUT2D eigenvalue weighted by Gasteiger charge is -2.32. The molecule has 0 aliphatic carbocycles. The van der Waals surface area contributed by atoms with Crippen LogP contribution in [0.3, 0.4) is 0 Å². The van der Waals surface area contributed by atoms with Gasteiger partial charge in [-0.05, 0) is 31.9 Å².